The fourth-order valence-electron chi connectivity index (χ4n) is 1.97. The van der Waals surface area contributed by atoms with E-state index < -0.39 is 18.8 Å². The van der Waals surface area contributed by atoms with Gasteiger partial charge in [-0.2, -0.15) is 0 Å². The van der Waals surface area contributed by atoms with E-state index in [0.717, 1.165) is 6.42 Å². The maximum absolute atomic E-state index is 12.1. The van der Waals surface area contributed by atoms with Crippen LogP contribution < -0.4 is 5.32 Å². The van der Waals surface area contributed by atoms with E-state index in [1.54, 1.807) is 6.92 Å². The van der Waals surface area contributed by atoms with E-state index in [9.17, 15) is 14.0 Å². The molecule has 0 aromatic rings. The van der Waals surface area contributed by atoms with Gasteiger partial charge in [0.2, 0.25) is 11.8 Å². The Hall–Kier alpha value is -1.13. The molecule has 0 aromatic carbocycles. The fraction of sp³-hybridized carbons (Fsp3) is 0.818. The minimum atomic E-state index is -0.486. The molecule has 2 atom stereocenters. The monoisotopic (exact) mass is 230 g/mol. The number of rotatable bonds is 5. The molecule has 5 heteroatoms. The molecule has 0 bridgehead atoms. The zero-order valence-electron chi connectivity index (χ0n) is 9.83. The average molecular weight is 230 g/mol. The average Bonchev–Trinajstić information content (AvgIpc) is 2.25. The third kappa shape index (κ3) is 2.71. The predicted octanol–water partition coefficient (Wildman–Crippen LogP) is 0.862. The van der Waals surface area contributed by atoms with Gasteiger partial charge in [-0.3, -0.25) is 14.0 Å². The summed E-state index contributed by atoms with van der Waals surface area (Å²) < 4.78 is 12.1. The highest BCUT2D eigenvalue weighted by molar-refractivity contribution is 5.96. The first-order valence-electron chi connectivity index (χ1n) is 5.78. The number of carbonyl (C=O) groups excluding carboxylic acids is 2. The van der Waals surface area contributed by atoms with Crippen molar-refractivity contribution in [3.8, 4) is 0 Å². The smallest absolute Gasteiger partial charge is 0.245 e. The molecular weight excluding hydrogens is 211 g/mol. The molecule has 1 fully saturated rings. The topological polar surface area (TPSA) is 49.4 Å². The van der Waals surface area contributed by atoms with Crippen LogP contribution in [0.5, 0.6) is 0 Å². The van der Waals surface area contributed by atoms with Gasteiger partial charge in [0.15, 0.2) is 0 Å². The van der Waals surface area contributed by atoms with Gasteiger partial charge in [0.25, 0.3) is 0 Å². The largest absolute Gasteiger partial charge is 0.343 e. The molecule has 1 rings (SSSR count). The van der Waals surface area contributed by atoms with Gasteiger partial charge in [-0.1, -0.05) is 13.3 Å². The van der Waals surface area contributed by atoms with E-state index in [0.29, 0.717) is 19.4 Å². The second-order valence-electron chi connectivity index (χ2n) is 4.11. The molecule has 0 aromatic heterocycles. The van der Waals surface area contributed by atoms with Crippen molar-refractivity contribution in [3.63, 3.8) is 0 Å². The first-order chi connectivity index (χ1) is 7.61. The van der Waals surface area contributed by atoms with Crippen LogP contribution >= 0.6 is 0 Å². The molecule has 1 aliphatic heterocycles. The van der Waals surface area contributed by atoms with Gasteiger partial charge < -0.3 is 10.2 Å². The molecule has 2 unspecified atom stereocenters. The Labute approximate surface area is 95.2 Å². The first-order valence-corrected chi connectivity index (χ1v) is 5.78. The Morgan fingerprint density at radius 2 is 2.12 bits per heavy atom. The summed E-state index contributed by atoms with van der Waals surface area (Å²) in [6.45, 7) is 3.49. The molecule has 2 amide bonds. The SMILES string of the molecule is CCCC1C(=O)NC(C)C(=O)N1CCCF. The number of hydrogen-bond donors (Lipinski definition) is 1. The van der Waals surface area contributed by atoms with E-state index in [1.807, 2.05) is 6.92 Å². The number of carbonyl (C=O) groups is 2. The molecule has 1 N–H and O–H groups in total. The van der Waals surface area contributed by atoms with Crippen LogP contribution in [0.15, 0.2) is 0 Å². The highest BCUT2D eigenvalue weighted by Crippen LogP contribution is 2.15. The maximum atomic E-state index is 12.1. The molecule has 1 heterocycles. The van der Waals surface area contributed by atoms with Crippen molar-refractivity contribution in [2.24, 2.45) is 0 Å². The second-order valence-corrected chi connectivity index (χ2v) is 4.11. The summed E-state index contributed by atoms with van der Waals surface area (Å²) in [4.78, 5) is 25.1. The summed E-state index contributed by atoms with van der Waals surface area (Å²) in [6, 6.07) is -0.902. The lowest BCUT2D eigenvalue weighted by Crippen LogP contribution is -2.62. The Morgan fingerprint density at radius 3 is 2.69 bits per heavy atom. The molecular formula is C11H19FN2O2. The number of hydrogen-bond acceptors (Lipinski definition) is 2. The summed E-state index contributed by atoms with van der Waals surface area (Å²) >= 11 is 0. The van der Waals surface area contributed by atoms with E-state index in [-0.39, 0.29) is 11.8 Å². The number of nitrogens with one attached hydrogen (secondary N) is 1. The third-order valence-electron chi connectivity index (χ3n) is 2.79. The van der Waals surface area contributed by atoms with E-state index in [2.05, 4.69) is 5.32 Å². The van der Waals surface area contributed by atoms with Crippen LogP contribution in [0.25, 0.3) is 0 Å². The van der Waals surface area contributed by atoms with Crippen LogP contribution in [0.1, 0.15) is 33.1 Å². The van der Waals surface area contributed by atoms with E-state index >= 15 is 0 Å². The minimum absolute atomic E-state index is 0.105. The van der Waals surface area contributed by atoms with Crippen LogP contribution in [0.4, 0.5) is 4.39 Å². The summed E-state index contributed by atoms with van der Waals surface area (Å²) in [7, 11) is 0. The van der Waals surface area contributed by atoms with Crippen LogP contribution in [0.3, 0.4) is 0 Å². The highest BCUT2D eigenvalue weighted by atomic mass is 19.1. The quantitative estimate of drug-likeness (QED) is 0.761. The first kappa shape index (κ1) is 12.9. The Kier molecular flexibility index (Phi) is 4.71. The standard InChI is InChI=1S/C11H19FN2O2/c1-3-5-9-10(15)13-8(2)11(16)14(9)7-4-6-12/h8-9H,3-7H2,1-2H3,(H,13,15). The number of piperazine rings is 1. The van der Waals surface area contributed by atoms with Gasteiger partial charge in [-0.05, 0) is 19.8 Å². The number of amides is 2. The van der Waals surface area contributed by atoms with Crippen molar-refractivity contribution in [2.45, 2.75) is 45.2 Å². The Bertz CT molecular complexity index is 271. The molecule has 1 aliphatic rings. The predicted molar refractivity (Wildman–Crippen MR) is 58.6 cm³/mol. The molecule has 0 spiro atoms. The Morgan fingerprint density at radius 1 is 1.44 bits per heavy atom. The normalized spacial score (nSPS) is 25.8. The molecule has 16 heavy (non-hydrogen) atoms. The van der Waals surface area contributed by atoms with Crippen LogP contribution in [0.2, 0.25) is 0 Å². The lowest BCUT2D eigenvalue weighted by Gasteiger charge is -2.37. The van der Waals surface area contributed by atoms with Crippen LogP contribution in [-0.4, -0.2) is 42.0 Å². The highest BCUT2D eigenvalue weighted by Gasteiger charge is 2.37. The molecule has 4 nitrogen and oxygen atoms in total. The lowest BCUT2D eigenvalue weighted by molar-refractivity contribution is -0.149. The summed E-state index contributed by atoms with van der Waals surface area (Å²) in [6.07, 6.45) is 1.76. The van der Waals surface area contributed by atoms with Crippen molar-refractivity contribution in [2.75, 3.05) is 13.2 Å². The van der Waals surface area contributed by atoms with Crippen molar-refractivity contribution in [1.82, 2.24) is 10.2 Å². The number of nitrogens with zero attached hydrogens (tertiary/aromatic N) is 1. The minimum Gasteiger partial charge on any atom is -0.343 e. The van der Waals surface area contributed by atoms with Crippen molar-refractivity contribution in [1.29, 1.82) is 0 Å². The number of alkyl halides is 1. The van der Waals surface area contributed by atoms with Crippen LogP contribution in [-0.2, 0) is 9.59 Å². The van der Waals surface area contributed by atoms with Crippen LogP contribution in [0, 0.1) is 0 Å². The summed E-state index contributed by atoms with van der Waals surface area (Å²) in [5.74, 6) is -0.223. The summed E-state index contributed by atoms with van der Waals surface area (Å²) in [5.41, 5.74) is 0. The molecule has 0 aliphatic carbocycles. The molecule has 92 valence electrons. The van der Waals surface area contributed by atoms with E-state index in [4.69, 9.17) is 0 Å². The van der Waals surface area contributed by atoms with Crippen molar-refractivity contribution < 1.29 is 14.0 Å². The van der Waals surface area contributed by atoms with Crippen molar-refractivity contribution >= 4 is 11.8 Å². The van der Waals surface area contributed by atoms with Gasteiger partial charge >= 0.3 is 0 Å². The lowest BCUT2D eigenvalue weighted by atomic mass is 10.0. The van der Waals surface area contributed by atoms with Crippen molar-refractivity contribution in [3.05, 3.63) is 0 Å². The van der Waals surface area contributed by atoms with Gasteiger partial charge in [0.05, 0.1) is 6.67 Å². The van der Waals surface area contributed by atoms with Gasteiger partial charge in [-0.25, -0.2) is 0 Å². The van der Waals surface area contributed by atoms with E-state index in [1.165, 1.54) is 4.90 Å². The molecule has 0 saturated carbocycles. The van der Waals surface area contributed by atoms with Gasteiger partial charge in [0, 0.05) is 6.54 Å². The fourth-order valence-corrected chi connectivity index (χ4v) is 1.97. The van der Waals surface area contributed by atoms with Gasteiger partial charge in [-0.15, -0.1) is 0 Å². The zero-order chi connectivity index (χ0) is 12.1. The summed E-state index contributed by atoms with van der Waals surface area (Å²) in [5, 5.41) is 2.65. The Balaban J connectivity index is 2.75. The van der Waals surface area contributed by atoms with Gasteiger partial charge in [0.1, 0.15) is 12.1 Å². The second kappa shape index (κ2) is 5.82. The number of halogens is 1. The molecule has 0 radical (unpaired) electrons. The third-order valence-corrected chi connectivity index (χ3v) is 2.79. The zero-order valence-corrected chi connectivity index (χ0v) is 9.83. The maximum Gasteiger partial charge on any atom is 0.245 e. The molecule has 1 saturated heterocycles.